The number of anilines is 1. The van der Waals surface area contributed by atoms with Crippen molar-refractivity contribution in [2.24, 2.45) is 5.73 Å². The van der Waals surface area contributed by atoms with E-state index in [0.717, 1.165) is 4.31 Å². The van der Waals surface area contributed by atoms with Gasteiger partial charge in [0.2, 0.25) is 0 Å². The quantitative estimate of drug-likeness (QED) is 0.582. The molecule has 1 aromatic carbocycles. The average molecular weight is 236 g/mol. The van der Waals surface area contributed by atoms with Gasteiger partial charge in [0.1, 0.15) is 5.58 Å². The normalized spacial score (nSPS) is 10.3. The predicted octanol–water partition coefficient (Wildman–Crippen LogP) is 1.52. The first-order chi connectivity index (χ1) is 7.58. The largest absolute Gasteiger partial charge is 0.423 e. The summed E-state index contributed by atoms with van der Waals surface area (Å²) in [6, 6.07) is 7.05. The summed E-state index contributed by atoms with van der Waals surface area (Å²) >= 11 is 3.93. The number of nitrogens with two attached hydrogens (primary N) is 1. The first-order valence-corrected chi connectivity index (χ1v) is 4.80. The van der Waals surface area contributed by atoms with Gasteiger partial charge in [0.25, 0.3) is 0 Å². The second-order valence-corrected chi connectivity index (χ2v) is 3.53. The lowest BCUT2D eigenvalue weighted by Crippen LogP contribution is -2.27. The monoisotopic (exact) mass is 236 g/mol. The Morgan fingerprint density at radius 2 is 2.06 bits per heavy atom. The van der Waals surface area contributed by atoms with E-state index in [1.54, 1.807) is 24.3 Å². The fraction of sp³-hybridized carbons (Fsp3) is 0. The maximum atomic E-state index is 10.9. The molecule has 0 radical (unpaired) electrons. The number of amides is 2. The molecular formula is C10H8N2O3S. The van der Waals surface area contributed by atoms with E-state index in [1.165, 1.54) is 6.07 Å². The molecule has 2 N–H and O–H groups in total. The van der Waals surface area contributed by atoms with Gasteiger partial charge in [-0.2, -0.15) is 0 Å². The molecule has 1 heterocycles. The molecule has 0 aliphatic carbocycles. The minimum Gasteiger partial charge on any atom is -0.423 e. The molecule has 1 aromatic heterocycles. The minimum atomic E-state index is -0.680. The van der Waals surface area contributed by atoms with Crippen LogP contribution in [-0.4, -0.2) is 6.03 Å². The Morgan fingerprint density at radius 3 is 2.75 bits per heavy atom. The van der Waals surface area contributed by atoms with E-state index in [9.17, 15) is 9.59 Å². The molecule has 0 saturated heterocycles. The first-order valence-electron chi connectivity index (χ1n) is 4.40. The molecule has 0 aliphatic heterocycles. The average Bonchev–Trinajstić information content (AvgIpc) is 2.27. The number of rotatable bonds is 1. The van der Waals surface area contributed by atoms with Gasteiger partial charge in [0, 0.05) is 11.5 Å². The van der Waals surface area contributed by atoms with Gasteiger partial charge in [-0.1, -0.05) is 12.8 Å². The zero-order valence-electron chi connectivity index (χ0n) is 8.08. The molecule has 0 bridgehead atoms. The molecule has 2 aromatic rings. The van der Waals surface area contributed by atoms with Crippen LogP contribution in [0.4, 0.5) is 10.5 Å². The van der Waals surface area contributed by atoms with Gasteiger partial charge >= 0.3 is 11.7 Å². The van der Waals surface area contributed by atoms with E-state index in [0.29, 0.717) is 16.7 Å². The number of carbonyl (C=O) groups is 1. The van der Waals surface area contributed by atoms with Crippen LogP contribution in [0.3, 0.4) is 0 Å². The summed E-state index contributed by atoms with van der Waals surface area (Å²) in [5, 5.41) is 0.692. The Bertz CT molecular complexity index is 608. The summed E-state index contributed by atoms with van der Waals surface area (Å²) in [5.41, 5.74) is 5.61. The molecule has 0 spiro atoms. The zero-order valence-corrected chi connectivity index (χ0v) is 8.98. The highest BCUT2D eigenvalue weighted by Gasteiger charge is 2.08. The number of thiol groups is 1. The summed E-state index contributed by atoms with van der Waals surface area (Å²) in [6.45, 7) is 0. The van der Waals surface area contributed by atoms with E-state index in [4.69, 9.17) is 10.2 Å². The maximum Gasteiger partial charge on any atom is 0.336 e. The lowest BCUT2D eigenvalue weighted by Gasteiger charge is -2.12. The van der Waals surface area contributed by atoms with Crippen LogP contribution in [0.1, 0.15) is 0 Å². The Kier molecular flexibility index (Phi) is 2.57. The second kappa shape index (κ2) is 3.90. The Labute approximate surface area is 96.0 Å². The van der Waals surface area contributed by atoms with Crippen LogP contribution in [0.2, 0.25) is 0 Å². The van der Waals surface area contributed by atoms with E-state index >= 15 is 0 Å². The molecule has 16 heavy (non-hydrogen) atoms. The number of fused-ring (bicyclic) bond motifs is 1. The number of carbonyl (C=O) groups excluding carboxylic acids is 1. The number of benzene rings is 1. The van der Waals surface area contributed by atoms with Crippen molar-refractivity contribution in [1.82, 2.24) is 0 Å². The Morgan fingerprint density at radius 1 is 1.31 bits per heavy atom. The van der Waals surface area contributed by atoms with Crippen molar-refractivity contribution in [3.8, 4) is 0 Å². The third kappa shape index (κ3) is 1.87. The summed E-state index contributed by atoms with van der Waals surface area (Å²) in [4.78, 5) is 21.8. The van der Waals surface area contributed by atoms with Gasteiger partial charge in [0.15, 0.2) is 0 Å². The molecule has 2 rings (SSSR count). The highest BCUT2D eigenvalue weighted by molar-refractivity contribution is 7.82. The zero-order chi connectivity index (χ0) is 11.7. The topological polar surface area (TPSA) is 76.5 Å². The summed E-state index contributed by atoms with van der Waals surface area (Å²) in [7, 11) is 0. The van der Waals surface area contributed by atoms with Gasteiger partial charge < -0.3 is 10.2 Å². The van der Waals surface area contributed by atoms with Gasteiger partial charge in [-0.15, -0.1) is 0 Å². The maximum absolute atomic E-state index is 10.9. The summed E-state index contributed by atoms with van der Waals surface area (Å²) < 4.78 is 5.95. The second-order valence-electron chi connectivity index (χ2n) is 3.13. The van der Waals surface area contributed by atoms with Crippen molar-refractivity contribution in [2.45, 2.75) is 0 Å². The molecule has 0 aliphatic rings. The third-order valence-corrected chi connectivity index (χ3v) is 2.48. The number of hydrogen-bond donors (Lipinski definition) is 2. The smallest absolute Gasteiger partial charge is 0.336 e. The molecule has 0 unspecified atom stereocenters. The van der Waals surface area contributed by atoms with E-state index < -0.39 is 11.7 Å². The summed E-state index contributed by atoms with van der Waals surface area (Å²) in [5.74, 6) is 0. The number of primary amides is 1. The molecule has 2 amide bonds. The first kappa shape index (κ1) is 10.6. The number of urea groups is 1. The number of nitrogens with zero attached hydrogens (tertiary/aromatic N) is 1. The lowest BCUT2D eigenvalue weighted by atomic mass is 10.2. The van der Waals surface area contributed by atoms with Crippen molar-refractivity contribution in [2.75, 3.05) is 4.31 Å². The molecule has 0 fully saturated rings. The standard InChI is InChI=1S/C10H8N2O3S/c11-10(14)12(16)7-2-3-8-6(5-7)1-4-9(13)15-8/h1-5,16H,(H2,11,14). The van der Waals surface area contributed by atoms with Crippen LogP contribution in [0.5, 0.6) is 0 Å². The molecular weight excluding hydrogens is 228 g/mol. The van der Waals surface area contributed by atoms with Crippen LogP contribution >= 0.6 is 12.8 Å². The van der Waals surface area contributed by atoms with Crippen molar-refractivity contribution in [3.63, 3.8) is 0 Å². The van der Waals surface area contributed by atoms with Gasteiger partial charge in [0.05, 0.1) is 5.69 Å². The van der Waals surface area contributed by atoms with E-state index in [-0.39, 0.29) is 0 Å². The molecule has 6 heteroatoms. The van der Waals surface area contributed by atoms with Gasteiger partial charge in [-0.3, -0.25) is 0 Å². The molecule has 0 atom stereocenters. The fourth-order valence-electron chi connectivity index (χ4n) is 1.32. The van der Waals surface area contributed by atoms with Gasteiger partial charge in [-0.25, -0.2) is 13.9 Å². The van der Waals surface area contributed by atoms with Crippen LogP contribution in [-0.2, 0) is 0 Å². The fourth-order valence-corrected chi connectivity index (χ4v) is 1.44. The van der Waals surface area contributed by atoms with Crippen molar-refractivity contribution in [1.29, 1.82) is 0 Å². The lowest BCUT2D eigenvalue weighted by molar-refractivity contribution is 0.257. The third-order valence-electron chi connectivity index (χ3n) is 2.06. The molecule has 5 nitrogen and oxygen atoms in total. The van der Waals surface area contributed by atoms with Crippen LogP contribution in [0, 0.1) is 0 Å². The van der Waals surface area contributed by atoms with Gasteiger partial charge in [-0.05, 0) is 24.3 Å². The minimum absolute atomic E-state index is 0.419. The van der Waals surface area contributed by atoms with Crippen molar-refractivity contribution in [3.05, 3.63) is 40.8 Å². The molecule has 0 saturated carbocycles. The van der Waals surface area contributed by atoms with E-state index in [2.05, 4.69) is 12.8 Å². The predicted molar refractivity (Wildman–Crippen MR) is 63.5 cm³/mol. The Balaban J connectivity index is 2.56. The van der Waals surface area contributed by atoms with Crippen molar-refractivity contribution >= 4 is 35.5 Å². The summed E-state index contributed by atoms with van der Waals surface area (Å²) in [6.07, 6.45) is 0. The van der Waals surface area contributed by atoms with Crippen LogP contribution in [0.15, 0.2) is 39.5 Å². The highest BCUT2D eigenvalue weighted by Crippen LogP contribution is 2.22. The van der Waals surface area contributed by atoms with Crippen molar-refractivity contribution < 1.29 is 9.21 Å². The SMILES string of the molecule is NC(=O)N(S)c1ccc2oc(=O)ccc2c1. The number of hydrogen-bond acceptors (Lipinski definition) is 4. The van der Waals surface area contributed by atoms with Crippen LogP contribution in [0.25, 0.3) is 11.0 Å². The Hall–Kier alpha value is -1.95. The van der Waals surface area contributed by atoms with Crippen LogP contribution < -0.4 is 15.7 Å². The van der Waals surface area contributed by atoms with E-state index in [1.807, 2.05) is 0 Å². The highest BCUT2D eigenvalue weighted by atomic mass is 32.1. The molecule has 82 valence electrons.